The van der Waals surface area contributed by atoms with Crippen molar-refractivity contribution in [3.63, 3.8) is 0 Å². The Balaban J connectivity index is 2.28. The molecule has 0 N–H and O–H groups in total. The molecule has 0 radical (unpaired) electrons. The molecule has 2 rings (SSSR count). The number of thiophene rings is 1. The molecular formula is C14H17O3PS. The molecule has 0 saturated heterocycles. The van der Waals surface area contributed by atoms with Gasteiger partial charge in [0.2, 0.25) is 0 Å². The van der Waals surface area contributed by atoms with Crippen LogP contribution in [0.3, 0.4) is 0 Å². The van der Waals surface area contributed by atoms with Crippen molar-refractivity contribution in [2.24, 2.45) is 0 Å². The molecule has 1 aromatic carbocycles. The van der Waals surface area contributed by atoms with E-state index in [1.165, 1.54) is 4.70 Å². The summed E-state index contributed by atoms with van der Waals surface area (Å²) in [6.07, 6.45) is 1.82. The molecule has 1 heterocycles. The van der Waals surface area contributed by atoms with Gasteiger partial charge in [0.1, 0.15) is 0 Å². The van der Waals surface area contributed by atoms with Gasteiger partial charge in [-0.05, 0) is 42.3 Å². The highest BCUT2D eigenvalue weighted by atomic mass is 32.1. The maximum Gasteiger partial charge on any atom is 0.354 e. The van der Waals surface area contributed by atoms with Crippen LogP contribution in [0.2, 0.25) is 0 Å². The fourth-order valence-electron chi connectivity index (χ4n) is 1.78. The lowest BCUT2D eigenvalue weighted by Crippen LogP contribution is -1.92. The number of fused-ring (bicyclic) bond motifs is 1. The summed E-state index contributed by atoms with van der Waals surface area (Å²) in [6.45, 7) is 4.34. The average molecular weight is 296 g/mol. The second-order valence-corrected chi connectivity index (χ2v) is 6.68. The first kappa shape index (κ1) is 14.5. The van der Waals surface area contributed by atoms with E-state index in [9.17, 15) is 4.57 Å². The Hall–Kier alpha value is -0.930. The van der Waals surface area contributed by atoms with Crippen molar-refractivity contribution in [1.82, 2.24) is 0 Å². The van der Waals surface area contributed by atoms with Crippen molar-refractivity contribution in [1.29, 1.82) is 0 Å². The Morgan fingerprint density at radius 1 is 1.21 bits per heavy atom. The number of benzene rings is 1. The van der Waals surface area contributed by atoms with E-state index in [2.05, 4.69) is 12.1 Å². The maximum absolute atomic E-state index is 12.3. The predicted molar refractivity (Wildman–Crippen MR) is 81.7 cm³/mol. The van der Waals surface area contributed by atoms with Crippen LogP contribution in [0.1, 0.15) is 19.4 Å². The van der Waals surface area contributed by atoms with Gasteiger partial charge in [0, 0.05) is 10.5 Å². The molecule has 0 amide bonds. The Morgan fingerprint density at radius 2 is 1.89 bits per heavy atom. The minimum Gasteiger partial charge on any atom is -0.306 e. The second-order valence-electron chi connectivity index (χ2n) is 3.88. The summed E-state index contributed by atoms with van der Waals surface area (Å²) in [5.41, 5.74) is 1.04. The SMILES string of the molecule is CCOP(=O)(/C=C/c1csc2ccccc12)OCC. The first-order valence-electron chi connectivity index (χ1n) is 6.23. The molecular weight excluding hydrogens is 279 g/mol. The van der Waals surface area contributed by atoms with Crippen molar-refractivity contribution in [3.05, 3.63) is 41.0 Å². The summed E-state index contributed by atoms with van der Waals surface area (Å²) in [4.78, 5) is 0. The van der Waals surface area contributed by atoms with Crippen LogP contribution < -0.4 is 0 Å². The van der Waals surface area contributed by atoms with Gasteiger partial charge in [0.15, 0.2) is 0 Å². The summed E-state index contributed by atoms with van der Waals surface area (Å²) in [5.74, 6) is 1.55. The Bertz CT molecular complexity index is 608. The largest absolute Gasteiger partial charge is 0.354 e. The molecule has 0 saturated carbocycles. The molecule has 3 nitrogen and oxygen atoms in total. The summed E-state index contributed by atoms with van der Waals surface area (Å²) >= 11 is 1.67. The van der Waals surface area contributed by atoms with E-state index in [1.54, 1.807) is 31.0 Å². The predicted octanol–water partition coefficient (Wildman–Crippen LogP) is 5.14. The van der Waals surface area contributed by atoms with Crippen LogP contribution in [0.4, 0.5) is 0 Å². The zero-order chi connectivity index (χ0) is 13.7. The highest BCUT2D eigenvalue weighted by molar-refractivity contribution is 7.57. The maximum atomic E-state index is 12.3. The quantitative estimate of drug-likeness (QED) is 0.692. The van der Waals surface area contributed by atoms with Crippen LogP contribution in [0.5, 0.6) is 0 Å². The monoisotopic (exact) mass is 296 g/mol. The highest BCUT2D eigenvalue weighted by Crippen LogP contribution is 2.50. The molecule has 0 spiro atoms. The molecule has 0 fully saturated rings. The minimum atomic E-state index is -3.11. The third kappa shape index (κ3) is 3.54. The average Bonchev–Trinajstić information content (AvgIpc) is 2.80. The third-order valence-corrected chi connectivity index (χ3v) is 5.30. The summed E-state index contributed by atoms with van der Waals surface area (Å²) < 4.78 is 24.0. The zero-order valence-corrected chi connectivity index (χ0v) is 12.7. The molecule has 0 aliphatic heterocycles. The van der Waals surface area contributed by atoms with Crippen LogP contribution in [-0.2, 0) is 13.6 Å². The molecule has 0 atom stereocenters. The molecule has 102 valence electrons. The van der Waals surface area contributed by atoms with Crippen LogP contribution in [0.15, 0.2) is 35.5 Å². The van der Waals surface area contributed by atoms with E-state index >= 15 is 0 Å². The molecule has 5 heteroatoms. The normalized spacial score (nSPS) is 12.5. The standard InChI is InChI=1S/C14H17O3PS/c1-3-16-18(15,17-4-2)10-9-12-11-19-14-8-6-5-7-13(12)14/h5-11H,3-4H2,1-2H3/b10-9+. The topological polar surface area (TPSA) is 35.5 Å². The minimum absolute atomic E-state index is 0.367. The van der Waals surface area contributed by atoms with Gasteiger partial charge in [0.05, 0.1) is 13.2 Å². The molecule has 1 aromatic heterocycles. The fraction of sp³-hybridized carbons (Fsp3) is 0.286. The molecule has 0 bridgehead atoms. The molecule has 0 unspecified atom stereocenters. The molecule has 0 aliphatic rings. The van der Waals surface area contributed by atoms with Crippen molar-refractivity contribution < 1.29 is 13.6 Å². The summed E-state index contributed by atoms with van der Waals surface area (Å²) in [7, 11) is -3.11. The van der Waals surface area contributed by atoms with Crippen molar-refractivity contribution in [2.75, 3.05) is 13.2 Å². The smallest absolute Gasteiger partial charge is 0.306 e. The van der Waals surface area contributed by atoms with Gasteiger partial charge in [-0.1, -0.05) is 18.2 Å². The third-order valence-electron chi connectivity index (χ3n) is 2.57. The lowest BCUT2D eigenvalue weighted by atomic mass is 10.2. The van der Waals surface area contributed by atoms with E-state index in [0.717, 1.165) is 10.9 Å². The van der Waals surface area contributed by atoms with E-state index in [1.807, 2.05) is 23.6 Å². The Labute approximate surface area is 117 Å². The van der Waals surface area contributed by atoms with E-state index < -0.39 is 7.60 Å². The van der Waals surface area contributed by atoms with Crippen molar-refractivity contribution >= 4 is 35.1 Å². The summed E-state index contributed by atoms with van der Waals surface area (Å²) in [5, 5.41) is 3.20. The molecule has 19 heavy (non-hydrogen) atoms. The van der Waals surface area contributed by atoms with Gasteiger partial charge in [-0.3, -0.25) is 4.57 Å². The van der Waals surface area contributed by atoms with Gasteiger partial charge < -0.3 is 9.05 Å². The van der Waals surface area contributed by atoms with Gasteiger partial charge in [-0.15, -0.1) is 11.3 Å². The van der Waals surface area contributed by atoms with E-state index in [0.29, 0.717) is 13.2 Å². The fourth-order valence-corrected chi connectivity index (χ4v) is 4.02. The van der Waals surface area contributed by atoms with Crippen LogP contribution in [0, 0.1) is 0 Å². The highest BCUT2D eigenvalue weighted by Gasteiger charge is 2.18. The van der Waals surface area contributed by atoms with Crippen molar-refractivity contribution in [2.45, 2.75) is 13.8 Å². The van der Waals surface area contributed by atoms with E-state index in [4.69, 9.17) is 9.05 Å². The lowest BCUT2D eigenvalue weighted by Gasteiger charge is -2.12. The van der Waals surface area contributed by atoms with Gasteiger partial charge in [-0.25, -0.2) is 0 Å². The first-order chi connectivity index (χ1) is 9.18. The van der Waals surface area contributed by atoms with Gasteiger partial charge >= 0.3 is 7.60 Å². The van der Waals surface area contributed by atoms with Crippen LogP contribution in [0.25, 0.3) is 16.2 Å². The zero-order valence-electron chi connectivity index (χ0n) is 11.0. The number of rotatable bonds is 6. The van der Waals surface area contributed by atoms with Gasteiger partial charge in [-0.2, -0.15) is 0 Å². The lowest BCUT2D eigenvalue weighted by molar-refractivity contribution is 0.229. The van der Waals surface area contributed by atoms with Crippen LogP contribution >= 0.6 is 18.9 Å². The Kier molecular flexibility index (Phi) is 4.94. The number of hydrogen-bond acceptors (Lipinski definition) is 4. The number of hydrogen-bond donors (Lipinski definition) is 0. The van der Waals surface area contributed by atoms with Crippen molar-refractivity contribution in [3.8, 4) is 0 Å². The molecule has 0 aliphatic carbocycles. The Morgan fingerprint density at radius 3 is 2.58 bits per heavy atom. The van der Waals surface area contributed by atoms with Gasteiger partial charge in [0.25, 0.3) is 0 Å². The van der Waals surface area contributed by atoms with Crippen LogP contribution in [-0.4, -0.2) is 13.2 Å². The molecule has 2 aromatic rings. The van der Waals surface area contributed by atoms with E-state index in [-0.39, 0.29) is 0 Å². The first-order valence-corrected chi connectivity index (χ1v) is 8.72. The summed E-state index contributed by atoms with van der Waals surface area (Å²) in [6, 6.07) is 8.13. The second kappa shape index (κ2) is 6.49.